The molecule has 12 aromatic rings. The number of aromatic nitrogens is 6. The molecule has 113 heavy (non-hydrogen) atoms. The predicted octanol–water partition coefficient (Wildman–Crippen LogP) is 27.9. The van der Waals surface area contributed by atoms with Gasteiger partial charge in [0.05, 0.1) is 71.2 Å². The summed E-state index contributed by atoms with van der Waals surface area (Å²) in [6.45, 7) is 17.4. The molecule has 19 nitrogen and oxygen atoms in total. The Morgan fingerprint density at radius 1 is 0.292 bits per heavy atom. The summed E-state index contributed by atoms with van der Waals surface area (Å²) in [7, 11) is 0. The van der Waals surface area contributed by atoms with Gasteiger partial charge in [0, 0.05) is 60.7 Å². The lowest BCUT2D eigenvalue weighted by molar-refractivity contribution is -0.139. The quantitative estimate of drug-likeness (QED) is 0.0155. The summed E-state index contributed by atoms with van der Waals surface area (Å²) in [5.74, 6) is 4.17. The first-order chi connectivity index (χ1) is 55.6. The fourth-order valence-electron chi connectivity index (χ4n) is 11.5. The van der Waals surface area contributed by atoms with Crippen LogP contribution in [0.3, 0.4) is 0 Å². The minimum atomic E-state index is -0.191. The highest BCUT2D eigenvalue weighted by Gasteiger charge is 2.17. The summed E-state index contributed by atoms with van der Waals surface area (Å²) in [4.78, 5) is 36.5. The van der Waals surface area contributed by atoms with Crippen molar-refractivity contribution in [3.63, 3.8) is 0 Å². The lowest BCUT2D eigenvalue weighted by atomic mass is 10.0. The van der Waals surface area contributed by atoms with Crippen molar-refractivity contribution in [3.8, 4) is 67.5 Å². The Balaban J connectivity index is 0.000000173. The van der Waals surface area contributed by atoms with E-state index in [1.54, 1.807) is 61.4 Å². The van der Waals surface area contributed by atoms with Crippen LogP contribution >= 0.6 is 0 Å². The Bertz CT molecular complexity index is 4570. The van der Waals surface area contributed by atoms with E-state index < -0.39 is 0 Å². The van der Waals surface area contributed by atoms with Crippen LogP contribution in [0.5, 0.6) is 23.0 Å². The molecular weight excluding hydrogens is 1410 g/mol. The summed E-state index contributed by atoms with van der Waals surface area (Å²) >= 11 is 0. The molecule has 0 amide bonds. The summed E-state index contributed by atoms with van der Waals surface area (Å²) < 4.78 is 23.1. The summed E-state index contributed by atoms with van der Waals surface area (Å²) in [6.07, 6.45) is 33.6. The van der Waals surface area contributed by atoms with Crippen LogP contribution in [0.2, 0.25) is 0 Å². The summed E-state index contributed by atoms with van der Waals surface area (Å²) in [6, 6.07) is 69.8. The fraction of sp³-hybridized carbons (Fsp3) is 0.287. The number of unbranched alkanes of at least 4 members (excludes halogenated alkanes) is 5. The zero-order chi connectivity index (χ0) is 79.1. The monoisotopic (exact) mass is 1510 g/mol. The normalized spacial score (nSPS) is 11.6. The molecule has 0 aliphatic rings. The van der Waals surface area contributed by atoms with Gasteiger partial charge in [-0.15, -0.1) is 0 Å². The maximum absolute atomic E-state index is 12.0. The van der Waals surface area contributed by atoms with Crippen molar-refractivity contribution >= 4 is 51.5 Å². The molecule has 0 radical (unpaired) electrons. The highest BCUT2D eigenvalue weighted by atomic mass is 16.5. The number of ether oxygens (including phenoxy) is 4. The number of hydrogen-bond acceptors (Lipinski definition) is 19. The predicted molar refractivity (Wildman–Crippen MR) is 454 cm³/mol. The van der Waals surface area contributed by atoms with Crippen LogP contribution in [0, 0.1) is 17.8 Å². The SMILES string of the molecule is CCC(CC)C(=O)Oc1ccc(N=Nc2ccc(-c3cncnc3)cc2)cc1.CCCCC(CC)COc1ccc(N=Nc2ccc(-c3cccnc3)cc2)cc1.CCCCC(CC)COc1ccc(N=Nc2ccc(-c3cncnc3)cc2)cc1.CCCCCCOc1ccc(N=Nc2ccc(-c3cccnc3)cc2)cc1. The van der Waals surface area contributed by atoms with Crippen molar-refractivity contribution in [2.75, 3.05) is 19.8 Å². The number of carbonyl (C=O) groups excluding carboxylic acids is 1. The fourth-order valence-corrected chi connectivity index (χ4v) is 11.5. The smallest absolute Gasteiger partial charge is 0.314 e. The van der Waals surface area contributed by atoms with Gasteiger partial charge in [-0.2, -0.15) is 40.9 Å². The van der Waals surface area contributed by atoms with Gasteiger partial charge in [-0.3, -0.25) is 14.8 Å². The van der Waals surface area contributed by atoms with Crippen LogP contribution in [-0.4, -0.2) is 55.7 Å². The van der Waals surface area contributed by atoms with Gasteiger partial charge in [-0.25, -0.2) is 19.9 Å². The molecule has 0 bridgehead atoms. The van der Waals surface area contributed by atoms with Crippen LogP contribution < -0.4 is 18.9 Å². The van der Waals surface area contributed by atoms with Gasteiger partial charge in [0.15, 0.2) is 0 Å². The molecule has 580 valence electrons. The Morgan fingerprint density at radius 2 is 0.584 bits per heavy atom. The first kappa shape index (κ1) is 84.5. The second kappa shape index (κ2) is 48.9. The zero-order valence-corrected chi connectivity index (χ0v) is 66.1. The van der Waals surface area contributed by atoms with Gasteiger partial charge in [0.1, 0.15) is 35.7 Å². The molecule has 0 fully saturated rings. The number of pyridine rings is 2. The maximum Gasteiger partial charge on any atom is 0.314 e. The Kier molecular flexibility index (Phi) is 36.6. The van der Waals surface area contributed by atoms with E-state index in [0.29, 0.717) is 23.3 Å². The van der Waals surface area contributed by atoms with E-state index in [4.69, 9.17) is 18.9 Å². The van der Waals surface area contributed by atoms with Crippen LogP contribution in [0.1, 0.15) is 138 Å². The van der Waals surface area contributed by atoms with E-state index in [1.165, 1.54) is 70.4 Å². The Labute approximate surface area is 666 Å². The van der Waals surface area contributed by atoms with E-state index in [-0.39, 0.29) is 11.9 Å². The first-order valence-electron chi connectivity index (χ1n) is 39.5. The van der Waals surface area contributed by atoms with Crippen LogP contribution in [-0.2, 0) is 4.79 Å². The van der Waals surface area contributed by atoms with Gasteiger partial charge in [-0.05, 0) is 235 Å². The molecule has 4 heterocycles. The second-order valence-corrected chi connectivity index (χ2v) is 27.0. The molecule has 0 aliphatic heterocycles. The van der Waals surface area contributed by atoms with Crippen LogP contribution in [0.15, 0.2) is 322 Å². The first-order valence-corrected chi connectivity index (χ1v) is 39.5. The number of benzene rings is 8. The number of hydrogen-bond donors (Lipinski definition) is 0. The van der Waals surface area contributed by atoms with Crippen molar-refractivity contribution in [2.24, 2.45) is 58.7 Å². The van der Waals surface area contributed by atoms with Crippen LogP contribution in [0.4, 0.5) is 45.5 Å². The Hall–Kier alpha value is -12.5. The third-order valence-corrected chi connectivity index (χ3v) is 18.6. The summed E-state index contributed by atoms with van der Waals surface area (Å²) in [5, 5.41) is 34.4. The van der Waals surface area contributed by atoms with E-state index in [1.807, 2.05) is 220 Å². The highest BCUT2D eigenvalue weighted by molar-refractivity contribution is 5.75. The van der Waals surface area contributed by atoms with Gasteiger partial charge < -0.3 is 18.9 Å². The van der Waals surface area contributed by atoms with Gasteiger partial charge >= 0.3 is 5.97 Å². The molecule has 0 saturated heterocycles. The number of carbonyl (C=O) groups is 1. The molecule has 12 rings (SSSR count). The van der Waals surface area contributed by atoms with Gasteiger partial charge in [0.25, 0.3) is 0 Å². The largest absolute Gasteiger partial charge is 0.494 e. The van der Waals surface area contributed by atoms with Gasteiger partial charge in [-0.1, -0.05) is 167 Å². The standard InChI is InChI=1S/C25H29N3O.C24H28N4O.C23H25N3O.C22H22N4O2/c1-3-5-7-20(4-2)19-29-25-15-13-24(14-16-25)28-27-23-11-9-21(10-12-23)22-8-6-17-26-18-22;1-3-5-6-19(4-2)17-29-24-13-11-23(12-14-24)28-27-22-9-7-20(8-10-22)21-15-25-18-26-16-21;1-2-3-4-5-17-27-23-14-12-22(13-15-23)26-25-21-10-8-19(9-11-21)20-7-6-16-24-18-20;1-3-16(4-2)22(27)28-21-11-9-20(10-12-21)26-25-19-7-5-17(6-8-19)18-13-23-15-24-14-18/h6,8-18,20H,3-5,7,19H2,1-2H3;7-16,18-19H,3-6,17H2,1-2H3;6-16,18H,2-5,17H2,1H3;5-16H,3-4H2,1-2H3. The third-order valence-electron chi connectivity index (χ3n) is 18.6. The van der Waals surface area contributed by atoms with Crippen molar-refractivity contribution in [2.45, 2.75) is 138 Å². The molecule has 0 aliphatic carbocycles. The highest BCUT2D eigenvalue weighted by Crippen LogP contribution is 2.31. The minimum Gasteiger partial charge on any atom is -0.494 e. The average molecular weight is 1510 g/mol. The van der Waals surface area contributed by atoms with Crippen molar-refractivity contribution in [1.29, 1.82) is 0 Å². The van der Waals surface area contributed by atoms with E-state index in [0.717, 1.165) is 153 Å². The lowest BCUT2D eigenvalue weighted by Crippen LogP contribution is -2.19. The van der Waals surface area contributed by atoms with Gasteiger partial charge in [0.2, 0.25) is 0 Å². The molecule has 2 unspecified atom stereocenters. The Morgan fingerprint density at radius 3 is 0.876 bits per heavy atom. The molecule has 0 saturated carbocycles. The molecule has 4 aromatic heterocycles. The maximum atomic E-state index is 12.0. The van der Waals surface area contributed by atoms with Crippen LogP contribution in [0.25, 0.3) is 44.5 Å². The molecule has 19 heteroatoms. The molecule has 0 N–H and O–H groups in total. The molecule has 8 aromatic carbocycles. The molecule has 0 spiro atoms. The lowest BCUT2D eigenvalue weighted by Gasteiger charge is -2.15. The zero-order valence-electron chi connectivity index (χ0n) is 66.1. The minimum absolute atomic E-state index is 0.0650. The van der Waals surface area contributed by atoms with E-state index >= 15 is 0 Å². The van der Waals surface area contributed by atoms with Crippen molar-refractivity contribution in [1.82, 2.24) is 29.9 Å². The summed E-state index contributed by atoms with van der Waals surface area (Å²) in [5.41, 5.74) is 14.7. The molecule has 2 atom stereocenters. The number of nitrogens with zero attached hydrogens (tertiary/aromatic N) is 14. The van der Waals surface area contributed by atoms with Crippen molar-refractivity contribution in [3.05, 3.63) is 281 Å². The molecular formula is C94H104N14O5. The number of rotatable bonds is 36. The van der Waals surface area contributed by atoms with E-state index in [2.05, 4.69) is 105 Å². The number of azo groups is 4. The third kappa shape index (κ3) is 30.4. The second-order valence-electron chi connectivity index (χ2n) is 27.0. The topological polar surface area (TPSA) is 230 Å². The number of esters is 1. The van der Waals surface area contributed by atoms with E-state index in [9.17, 15) is 4.79 Å². The van der Waals surface area contributed by atoms with Crippen molar-refractivity contribution < 1.29 is 23.7 Å². The average Bonchev–Trinajstić information content (AvgIpc) is 0.882.